The second kappa shape index (κ2) is 20.2. The third kappa shape index (κ3) is 10.4. The molecule has 5 aromatic rings. The maximum absolute atomic E-state index is 13.4. The van der Waals surface area contributed by atoms with Crippen molar-refractivity contribution in [2.75, 3.05) is 42.0 Å². The van der Waals surface area contributed by atoms with Gasteiger partial charge >= 0.3 is 0 Å². The lowest BCUT2D eigenvalue weighted by molar-refractivity contribution is -0.121. The number of H-pyrrole nitrogens is 1. The molecule has 63 heavy (non-hydrogen) atoms. The Labute approximate surface area is 381 Å². The zero-order chi connectivity index (χ0) is 44.8. The van der Waals surface area contributed by atoms with Crippen LogP contribution in [0.15, 0.2) is 95.9 Å². The van der Waals surface area contributed by atoms with Crippen molar-refractivity contribution in [3.8, 4) is 0 Å². The molecule has 2 saturated heterocycles. The fourth-order valence-corrected chi connectivity index (χ4v) is 11.3. The predicted octanol–water partition coefficient (Wildman–Crippen LogP) is 11.2. The van der Waals surface area contributed by atoms with Crippen molar-refractivity contribution in [2.45, 2.75) is 103 Å². The van der Waals surface area contributed by atoms with Gasteiger partial charge in [-0.2, -0.15) is 0 Å². The number of anilines is 3. The highest BCUT2D eigenvalue weighted by Crippen LogP contribution is 2.43. The molecule has 1 unspecified atom stereocenters. The van der Waals surface area contributed by atoms with E-state index in [1.165, 1.54) is 48.8 Å². The van der Waals surface area contributed by atoms with Gasteiger partial charge in [0.15, 0.2) is 0 Å². The highest BCUT2D eigenvalue weighted by atomic mass is 32.2. The molecule has 1 atom stereocenters. The summed E-state index contributed by atoms with van der Waals surface area (Å²) < 4.78 is 2.59. The number of carbonyl (C=O) groups excluding carboxylic acids is 3. The van der Waals surface area contributed by atoms with E-state index in [-0.39, 0.29) is 23.8 Å². The third-order valence-electron chi connectivity index (χ3n) is 12.4. The standard InChI is InChI=1S/C50H58N6O3S2.CH4O/c1-32(2)48(61-33(3)4)37-11-9-12-38(28-37)51-39-22-25-55(50(5,6)30-39)60-31-34-16-17-36-29-45(52-43(36)27-34)54-23-20-35(21-24-54)40-18-19-44-47-41(40)13-10-14-42(47)49(59)56(44)53-46(58)15-7-8-26-57;1-2/h9-14,16-19,26-29,35,39,51-52H,3,7-8,15,20-25,30-31H2,1-2,4-6H3,(H,53,58);2H,1H3. The van der Waals surface area contributed by atoms with E-state index < -0.39 is 0 Å². The fraction of sp³-hybridized carbons (Fsp3) is 0.392. The number of piperidine rings is 2. The average molecular weight is 887 g/mol. The summed E-state index contributed by atoms with van der Waals surface area (Å²) in [6, 6.07) is 28.4. The summed E-state index contributed by atoms with van der Waals surface area (Å²) in [7, 11) is 1.00. The Balaban J connectivity index is 0.00000293. The second-order valence-electron chi connectivity index (χ2n) is 17.7. The summed E-state index contributed by atoms with van der Waals surface area (Å²) in [5, 5.41) is 15.5. The number of aldehydes is 1. The molecule has 0 aliphatic carbocycles. The number of fused-ring (bicyclic) bond motifs is 1. The molecule has 3 aliphatic rings. The number of benzene rings is 4. The van der Waals surface area contributed by atoms with Crippen LogP contribution in [0, 0.1) is 0 Å². The number of unbranched alkanes of at least 4 members (excludes halogenated alkanes) is 1. The summed E-state index contributed by atoms with van der Waals surface area (Å²) >= 11 is 3.70. The van der Waals surface area contributed by atoms with Crippen molar-refractivity contribution >= 4 is 85.6 Å². The predicted molar refractivity (Wildman–Crippen MR) is 265 cm³/mol. The molecule has 0 saturated carbocycles. The highest BCUT2D eigenvalue weighted by molar-refractivity contribution is 8.11. The minimum Gasteiger partial charge on any atom is -0.400 e. The van der Waals surface area contributed by atoms with E-state index in [1.807, 2.05) is 30.1 Å². The highest BCUT2D eigenvalue weighted by Gasteiger charge is 2.36. The Kier molecular flexibility index (Phi) is 14.8. The molecule has 8 rings (SSSR count). The summed E-state index contributed by atoms with van der Waals surface area (Å²) in [6.45, 7) is 18.2. The number of nitrogens with zero attached hydrogens (tertiary/aromatic N) is 3. The summed E-state index contributed by atoms with van der Waals surface area (Å²) in [6.07, 6.45) is 5.95. The van der Waals surface area contributed by atoms with Gasteiger partial charge in [0.2, 0.25) is 5.91 Å². The first-order valence-electron chi connectivity index (χ1n) is 22.1. The summed E-state index contributed by atoms with van der Waals surface area (Å²) in [5.41, 5.74) is 11.6. The van der Waals surface area contributed by atoms with Crippen LogP contribution >= 0.6 is 23.7 Å². The minimum absolute atomic E-state index is 0.0513. The van der Waals surface area contributed by atoms with E-state index >= 15 is 0 Å². The molecule has 1 aromatic heterocycles. The van der Waals surface area contributed by atoms with Crippen LogP contribution in [0.5, 0.6) is 0 Å². The zero-order valence-corrected chi connectivity index (χ0v) is 39.2. The second-order valence-corrected chi connectivity index (χ2v) is 20.0. The van der Waals surface area contributed by atoms with Gasteiger partial charge in [-0.1, -0.05) is 78.3 Å². The largest absolute Gasteiger partial charge is 0.400 e. The Morgan fingerprint density at radius 3 is 2.48 bits per heavy atom. The van der Waals surface area contributed by atoms with Crippen LogP contribution in [0.3, 0.4) is 0 Å². The molecule has 0 spiro atoms. The van der Waals surface area contributed by atoms with E-state index in [1.54, 1.807) is 11.8 Å². The van der Waals surface area contributed by atoms with Crippen LogP contribution in [0.1, 0.15) is 113 Å². The number of amides is 2. The van der Waals surface area contributed by atoms with Crippen LogP contribution in [-0.2, 0) is 15.3 Å². The van der Waals surface area contributed by atoms with Crippen LogP contribution in [0.4, 0.5) is 17.2 Å². The fourth-order valence-electron chi connectivity index (χ4n) is 9.36. The van der Waals surface area contributed by atoms with Gasteiger partial charge in [-0.3, -0.25) is 15.0 Å². The van der Waals surface area contributed by atoms with Crippen molar-refractivity contribution in [1.82, 2.24) is 14.7 Å². The average Bonchev–Trinajstić information content (AvgIpc) is 3.82. The van der Waals surface area contributed by atoms with Gasteiger partial charge in [0, 0.05) is 83.8 Å². The number of aromatic nitrogens is 1. The van der Waals surface area contributed by atoms with Gasteiger partial charge in [-0.05, 0) is 136 Å². The van der Waals surface area contributed by atoms with E-state index in [0.717, 1.165) is 86.0 Å². The monoisotopic (exact) mass is 886 g/mol. The Morgan fingerprint density at radius 2 is 1.75 bits per heavy atom. The molecule has 3 aliphatic heterocycles. The number of thioether (sulfide) groups is 1. The Bertz CT molecular complexity index is 2520. The van der Waals surface area contributed by atoms with Crippen LogP contribution in [0.25, 0.3) is 26.6 Å². The van der Waals surface area contributed by atoms with E-state index in [0.29, 0.717) is 36.1 Å². The molecular formula is C51H62N6O4S2. The molecule has 0 bridgehead atoms. The first-order chi connectivity index (χ1) is 30.4. The SMILES string of the molecule is C=C(C)SC(=C(C)C)c1cccc(NC2CCN(SCc3ccc4cc(N5CCC(c6ccc7c8c(cccc68)C(=O)N7NC(=O)CCCC=O)CC5)[nH]c4c3)C(C)(C)C2)c1.CO. The molecular weight excluding hydrogens is 825 g/mol. The zero-order valence-electron chi connectivity index (χ0n) is 37.6. The van der Waals surface area contributed by atoms with Crippen molar-refractivity contribution in [2.24, 2.45) is 0 Å². The van der Waals surface area contributed by atoms with Crippen molar-refractivity contribution in [1.29, 1.82) is 0 Å². The van der Waals surface area contributed by atoms with E-state index in [9.17, 15) is 14.4 Å². The van der Waals surface area contributed by atoms with Crippen molar-refractivity contribution in [3.63, 3.8) is 0 Å². The smallest absolute Gasteiger partial charge is 0.277 e. The molecule has 4 heterocycles. The molecule has 10 nitrogen and oxygen atoms in total. The number of hydrazine groups is 1. The lowest BCUT2D eigenvalue weighted by Gasteiger charge is -2.45. The molecule has 332 valence electrons. The van der Waals surface area contributed by atoms with Crippen molar-refractivity contribution in [3.05, 3.63) is 118 Å². The maximum atomic E-state index is 13.4. The summed E-state index contributed by atoms with van der Waals surface area (Å²) in [4.78, 5) is 45.3. The lowest BCUT2D eigenvalue weighted by atomic mass is 9.85. The Morgan fingerprint density at radius 1 is 0.968 bits per heavy atom. The molecule has 4 aromatic carbocycles. The number of rotatable bonds is 15. The van der Waals surface area contributed by atoms with Gasteiger partial charge in [-0.15, -0.1) is 0 Å². The molecule has 0 radical (unpaired) electrons. The topological polar surface area (TPSA) is 121 Å². The number of carbonyl (C=O) groups is 3. The van der Waals surface area contributed by atoms with Gasteiger partial charge in [0.1, 0.15) is 12.1 Å². The number of hydrogen-bond acceptors (Lipinski definition) is 9. The lowest BCUT2D eigenvalue weighted by Crippen LogP contribution is -2.49. The van der Waals surface area contributed by atoms with E-state index in [2.05, 4.69) is 127 Å². The van der Waals surface area contributed by atoms with Crippen molar-refractivity contribution < 1.29 is 19.5 Å². The quantitative estimate of drug-likeness (QED) is 0.0462. The first kappa shape index (κ1) is 46.0. The normalized spacial score (nSPS) is 17.4. The van der Waals surface area contributed by atoms with Gasteiger partial charge in [0.25, 0.3) is 5.91 Å². The maximum Gasteiger partial charge on any atom is 0.277 e. The molecule has 2 amide bonds. The van der Waals surface area contributed by atoms with Crippen LogP contribution < -0.4 is 20.7 Å². The summed E-state index contributed by atoms with van der Waals surface area (Å²) in [5.74, 6) is 1.96. The molecule has 2 fully saturated rings. The number of allylic oxidation sites excluding steroid dienone is 2. The minimum atomic E-state index is -0.269. The number of aliphatic hydroxyl groups is 1. The number of nitrogens with one attached hydrogen (secondary N) is 3. The van der Waals surface area contributed by atoms with Gasteiger partial charge in [-0.25, -0.2) is 9.31 Å². The van der Waals surface area contributed by atoms with Crippen LogP contribution in [0.2, 0.25) is 0 Å². The molecule has 4 N–H and O–H groups in total. The van der Waals surface area contributed by atoms with Crippen LogP contribution in [-0.4, -0.2) is 70.8 Å². The third-order valence-corrected chi connectivity index (χ3v) is 15.0. The van der Waals surface area contributed by atoms with Gasteiger partial charge in [0.05, 0.1) is 11.3 Å². The Hall–Kier alpha value is -5.01. The number of aliphatic hydroxyl groups excluding tert-OH is 1. The number of hydrogen-bond donors (Lipinski definition) is 4. The number of aromatic amines is 1. The molecule has 12 heteroatoms. The first-order valence-corrected chi connectivity index (χ1v) is 23.9. The van der Waals surface area contributed by atoms with Gasteiger partial charge < -0.3 is 25.1 Å². The van der Waals surface area contributed by atoms with E-state index in [4.69, 9.17) is 5.11 Å².